The quantitative estimate of drug-likeness (QED) is 0.746. The summed E-state index contributed by atoms with van der Waals surface area (Å²) < 4.78 is 11.3. The SMILES string of the molecule is COc1cc2ccoc2cc1Br. The van der Waals surface area contributed by atoms with E-state index >= 15 is 0 Å². The van der Waals surface area contributed by atoms with E-state index in [2.05, 4.69) is 15.9 Å². The highest BCUT2D eigenvalue weighted by Gasteiger charge is 2.03. The van der Waals surface area contributed by atoms with E-state index in [4.69, 9.17) is 9.15 Å². The molecule has 2 aromatic rings. The van der Waals surface area contributed by atoms with E-state index in [0.29, 0.717) is 0 Å². The number of halogens is 1. The van der Waals surface area contributed by atoms with Gasteiger partial charge in [0, 0.05) is 5.39 Å². The van der Waals surface area contributed by atoms with E-state index in [0.717, 1.165) is 21.2 Å². The van der Waals surface area contributed by atoms with Gasteiger partial charge in [0.1, 0.15) is 11.3 Å². The molecular formula is C9H7BrO2. The van der Waals surface area contributed by atoms with Crippen molar-refractivity contribution >= 4 is 26.9 Å². The highest BCUT2D eigenvalue weighted by atomic mass is 79.9. The molecule has 2 nitrogen and oxygen atoms in total. The number of methoxy groups -OCH3 is 1. The van der Waals surface area contributed by atoms with Gasteiger partial charge in [-0.2, -0.15) is 0 Å². The number of ether oxygens (including phenoxy) is 1. The van der Waals surface area contributed by atoms with E-state index in [9.17, 15) is 0 Å². The molecule has 0 atom stereocenters. The highest BCUT2D eigenvalue weighted by Crippen LogP contribution is 2.30. The van der Waals surface area contributed by atoms with Crippen molar-refractivity contribution in [3.8, 4) is 5.75 Å². The highest BCUT2D eigenvalue weighted by molar-refractivity contribution is 9.10. The lowest BCUT2D eigenvalue weighted by atomic mass is 10.2. The van der Waals surface area contributed by atoms with Crippen LogP contribution < -0.4 is 4.74 Å². The molecule has 12 heavy (non-hydrogen) atoms. The molecule has 1 aromatic heterocycles. The topological polar surface area (TPSA) is 22.4 Å². The maximum atomic E-state index is 5.21. The predicted octanol–water partition coefficient (Wildman–Crippen LogP) is 3.20. The predicted molar refractivity (Wildman–Crippen MR) is 50.5 cm³/mol. The maximum absolute atomic E-state index is 5.21. The zero-order valence-corrected chi connectivity index (χ0v) is 8.09. The molecule has 0 saturated carbocycles. The Morgan fingerprint density at radius 3 is 3.00 bits per heavy atom. The molecule has 62 valence electrons. The molecule has 1 aromatic carbocycles. The van der Waals surface area contributed by atoms with Gasteiger partial charge in [0.25, 0.3) is 0 Å². The van der Waals surface area contributed by atoms with Crippen LogP contribution in [0.1, 0.15) is 0 Å². The van der Waals surface area contributed by atoms with Crippen molar-refractivity contribution < 1.29 is 9.15 Å². The average molecular weight is 227 g/mol. The van der Waals surface area contributed by atoms with Crippen molar-refractivity contribution in [2.75, 3.05) is 7.11 Å². The van der Waals surface area contributed by atoms with E-state index in [1.165, 1.54) is 0 Å². The second-order valence-electron chi connectivity index (χ2n) is 2.45. The summed E-state index contributed by atoms with van der Waals surface area (Å²) in [7, 11) is 1.64. The third kappa shape index (κ3) is 1.10. The molecule has 0 spiro atoms. The summed E-state index contributed by atoms with van der Waals surface area (Å²) in [6.45, 7) is 0. The van der Waals surface area contributed by atoms with Crippen LogP contribution in [0.15, 0.2) is 33.4 Å². The van der Waals surface area contributed by atoms with Crippen LogP contribution in [0, 0.1) is 0 Å². The first-order valence-corrected chi connectivity index (χ1v) is 4.31. The van der Waals surface area contributed by atoms with Crippen molar-refractivity contribution in [1.29, 1.82) is 0 Å². The summed E-state index contributed by atoms with van der Waals surface area (Å²) in [6, 6.07) is 5.74. The number of benzene rings is 1. The van der Waals surface area contributed by atoms with Crippen molar-refractivity contribution in [3.05, 3.63) is 28.9 Å². The first-order valence-electron chi connectivity index (χ1n) is 3.52. The Labute approximate surface area is 78.3 Å². The maximum Gasteiger partial charge on any atom is 0.135 e. The fourth-order valence-corrected chi connectivity index (χ4v) is 1.60. The third-order valence-electron chi connectivity index (χ3n) is 1.73. The van der Waals surface area contributed by atoms with Crippen LogP contribution in [-0.4, -0.2) is 7.11 Å². The molecule has 1 heterocycles. The fourth-order valence-electron chi connectivity index (χ4n) is 1.12. The van der Waals surface area contributed by atoms with Crippen LogP contribution in [0.3, 0.4) is 0 Å². The minimum absolute atomic E-state index is 0.823. The van der Waals surface area contributed by atoms with Crippen LogP contribution in [0.5, 0.6) is 5.75 Å². The molecule has 0 radical (unpaired) electrons. The lowest BCUT2D eigenvalue weighted by Crippen LogP contribution is -1.82. The number of rotatable bonds is 1. The first-order chi connectivity index (χ1) is 5.81. The van der Waals surface area contributed by atoms with Gasteiger partial charge in [0.05, 0.1) is 17.8 Å². The monoisotopic (exact) mass is 226 g/mol. The summed E-state index contributed by atoms with van der Waals surface area (Å²) in [6.07, 6.45) is 1.66. The summed E-state index contributed by atoms with van der Waals surface area (Å²) in [5.41, 5.74) is 0.864. The van der Waals surface area contributed by atoms with Crippen molar-refractivity contribution in [1.82, 2.24) is 0 Å². The number of fused-ring (bicyclic) bond motifs is 1. The molecule has 2 rings (SSSR count). The molecule has 0 N–H and O–H groups in total. The lowest BCUT2D eigenvalue weighted by molar-refractivity contribution is 0.412. The molecule has 0 aliphatic rings. The molecule has 0 aliphatic carbocycles. The molecule has 3 heteroatoms. The summed E-state index contributed by atoms with van der Waals surface area (Å²) >= 11 is 3.38. The standard InChI is InChI=1S/C9H7BrO2/c1-11-9-4-6-2-3-12-8(6)5-7(9)10/h2-5H,1H3. The Bertz CT molecular complexity index is 406. The Hall–Kier alpha value is -0.960. The average Bonchev–Trinajstić information content (AvgIpc) is 2.49. The molecule has 0 aliphatic heterocycles. The normalized spacial score (nSPS) is 10.5. The van der Waals surface area contributed by atoms with Crippen LogP contribution in [0.25, 0.3) is 11.0 Å². The molecular weight excluding hydrogens is 220 g/mol. The summed E-state index contributed by atoms with van der Waals surface area (Å²) in [5.74, 6) is 0.823. The first kappa shape index (κ1) is 7.68. The van der Waals surface area contributed by atoms with Gasteiger partial charge in [0.2, 0.25) is 0 Å². The lowest BCUT2D eigenvalue weighted by Gasteiger charge is -2.01. The largest absolute Gasteiger partial charge is 0.496 e. The van der Waals surface area contributed by atoms with Gasteiger partial charge in [-0.1, -0.05) is 0 Å². The third-order valence-corrected chi connectivity index (χ3v) is 2.35. The minimum atomic E-state index is 0.823. The van der Waals surface area contributed by atoms with Gasteiger partial charge >= 0.3 is 0 Å². The molecule has 0 bridgehead atoms. The molecule has 0 unspecified atom stereocenters. The Morgan fingerprint density at radius 2 is 2.25 bits per heavy atom. The van der Waals surface area contributed by atoms with Crippen LogP contribution in [0.4, 0.5) is 0 Å². The molecule has 0 amide bonds. The Morgan fingerprint density at radius 1 is 1.42 bits per heavy atom. The van der Waals surface area contributed by atoms with Crippen molar-refractivity contribution in [3.63, 3.8) is 0 Å². The summed E-state index contributed by atoms with van der Waals surface area (Å²) in [5, 5.41) is 1.05. The smallest absolute Gasteiger partial charge is 0.135 e. The fraction of sp³-hybridized carbons (Fsp3) is 0.111. The Kier molecular flexibility index (Phi) is 1.81. The molecule has 0 fully saturated rings. The van der Waals surface area contributed by atoms with Crippen molar-refractivity contribution in [2.45, 2.75) is 0 Å². The zero-order valence-electron chi connectivity index (χ0n) is 6.50. The van der Waals surface area contributed by atoms with Crippen molar-refractivity contribution in [2.24, 2.45) is 0 Å². The van der Waals surface area contributed by atoms with E-state index in [-0.39, 0.29) is 0 Å². The number of furan rings is 1. The molecule has 0 saturated heterocycles. The second-order valence-corrected chi connectivity index (χ2v) is 3.30. The Balaban J connectivity index is 2.73. The minimum Gasteiger partial charge on any atom is -0.496 e. The van der Waals surface area contributed by atoms with Gasteiger partial charge < -0.3 is 9.15 Å². The van der Waals surface area contributed by atoms with Gasteiger partial charge in [-0.3, -0.25) is 0 Å². The van der Waals surface area contributed by atoms with E-state index < -0.39 is 0 Å². The van der Waals surface area contributed by atoms with Gasteiger partial charge in [0.15, 0.2) is 0 Å². The van der Waals surface area contributed by atoms with Crippen LogP contribution >= 0.6 is 15.9 Å². The van der Waals surface area contributed by atoms with Gasteiger partial charge in [-0.05, 0) is 34.1 Å². The van der Waals surface area contributed by atoms with Crippen LogP contribution in [0.2, 0.25) is 0 Å². The number of hydrogen-bond donors (Lipinski definition) is 0. The van der Waals surface area contributed by atoms with Gasteiger partial charge in [-0.25, -0.2) is 0 Å². The van der Waals surface area contributed by atoms with Crippen LogP contribution in [-0.2, 0) is 0 Å². The zero-order chi connectivity index (χ0) is 8.55. The van der Waals surface area contributed by atoms with E-state index in [1.54, 1.807) is 13.4 Å². The van der Waals surface area contributed by atoms with Gasteiger partial charge in [-0.15, -0.1) is 0 Å². The number of hydrogen-bond acceptors (Lipinski definition) is 2. The van der Waals surface area contributed by atoms with E-state index in [1.807, 2.05) is 18.2 Å². The second kappa shape index (κ2) is 2.83. The summed E-state index contributed by atoms with van der Waals surface area (Å²) in [4.78, 5) is 0.